The smallest absolute Gasteiger partial charge is 0.328 e. The van der Waals surface area contributed by atoms with Crippen LogP contribution in [-0.4, -0.2) is 36.3 Å². The molecular weight excluding hydrogens is 422 g/mol. The fraction of sp³-hybridized carbons (Fsp3) is 0.333. The van der Waals surface area contributed by atoms with E-state index in [4.69, 9.17) is 4.74 Å². The number of benzene rings is 2. The van der Waals surface area contributed by atoms with Gasteiger partial charge in [0, 0.05) is 30.3 Å². The van der Waals surface area contributed by atoms with Gasteiger partial charge in [-0.15, -0.1) is 5.10 Å². The van der Waals surface area contributed by atoms with Gasteiger partial charge >= 0.3 is 5.69 Å². The SMILES string of the molecule is Cc1cn([C@@H]2C[C@H](CO)[C@@H](n3cc(COc4ccc5ccccc5c4)nn3)C2)c(=O)[nH]c1=O. The Labute approximate surface area is 189 Å². The van der Waals surface area contributed by atoms with Crippen LogP contribution in [0.2, 0.25) is 0 Å². The van der Waals surface area contributed by atoms with Crippen molar-refractivity contribution in [2.45, 2.75) is 38.5 Å². The van der Waals surface area contributed by atoms with E-state index in [0.717, 1.165) is 16.5 Å². The van der Waals surface area contributed by atoms with Crippen LogP contribution >= 0.6 is 0 Å². The van der Waals surface area contributed by atoms with Crippen molar-refractivity contribution >= 4 is 10.8 Å². The van der Waals surface area contributed by atoms with Gasteiger partial charge in [0.2, 0.25) is 0 Å². The number of aliphatic hydroxyl groups is 1. The van der Waals surface area contributed by atoms with Crippen LogP contribution in [0.25, 0.3) is 10.8 Å². The third kappa shape index (κ3) is 4.19. The van der Waals surface area contributed by atoms with Crippen LogP contribution in [0.15, 0.2) is 64.4 Å². The number of nitrogens with zero attached hydrogens (tertiary/aromatic N) is 4. The summed E-state index contributed by atoms with van der Waals surface area (Å²) in [6.45, 7) is 1.92. The Morgan fingerprint density at radius 3 is 2.76 bits per heavy atom. The van der Waals surface area contributed by atoms with Crippen molar-refractivity contribution in [3.63, 3.8) is 0 Å². The lowest BCUT2D eigenvalue weighted by molar-refractivity contribution is 0.188. The molecule has 170 valence electrons. The highest BCUT2D eigenvalue weighted by molar-refractivity contribution is 5.83. The van der Waals surface area contributed by atoms with Crippen molar-refractivity contribution in [1.82, 2.24) is 24.5 Å². The van der Waals surface area contributed by atoms with E-state index in [1.807, 2.05) is 42.6 Å². The van der Waals surface area contributed by atoms with Crippen molar-refractivity contribution < 1.29 is 9.84 Å². The minimum absolute atomic E-state index is 0.0268. The van der Waals surface area contributed by atoms with Crippen LogP contribution in [-0.2, 0) is 6.61 Å². The van der Waals surface area contributed by atoms with Crippen LogP contribution in [0.1, 0.15) is 36.2 Å². The Bertz CT molecular complexity index is 1410. The zero-order valence-corrected chi connectivity index (χ0v) is 18.2. The van der Waals surface area contributed by atoms with Gasteiger partial charge in [0.15, 0.2) is 0 Å². The Balaban J connectivity index is 1.30. The second kappa shape index (κ2) is 8.67. The largest absolute Gasteiger partial charge is 0.487 e. The predicted molar refractivity (Wildman–Crippen MR) is 122 cm³/mol. The summed E-state index contributed by atoms with van der Waals surface area (Å²) in [6, 6.07) is 13.8. The predicted octanol–water partition coefficient (Wildman–Crippen LogP) is 2.35. The summed E-state index contributed by atoms with van der Waals surface area (Å²) in [6.07, 6.45) is 4.63. The molecule has 0 radical (unpaired) electrons. The van der Waals surface area contributed by atoms with Crippen molar-refractivity contribution in [3.05, 3.63) is 87.0 Å². The molecule has 1 fully saturated rings. The fourth-order valence-electron chi connectivity index (χ4n) is 4.63. The number of nitrogens with one attached hydrogen (secondary N) is 1. The minimum Gasteiger partial charge on any atom is -0.487 e. The van der Waals surface area contributed by atoms with Gasteiger partial charge < -0.3 is 9.84 Å². The van der Waals surface area contributed by atoms with E-state index in [-0.39, 0.29) is 36.8 Å². The number of aromatic nitrogens is 5. The van der Waals surface area contributed by atoms with E-state index >= 15 is 0 Å². The van der Waals surface area contributed by atoms with Gasteiger partial charge in [-0.2, -0.15) is 0 Å². The molecule has 3 atom stereocenters. The van der Waals surface area contributed by atoms with Crippen LogP contribution in [0.3, 0.4) is 0 Å². The molecule has 1 saturated carbocycles. The summed E-state index contributed by atoms with van der Waals surface area (Å²) in [5.41, 5.74) is 0.348. The maximum Gasteiger partial charge on any atom is 0.328 e. The highest BCUT2D eigenvalue weighted by atomic mass is 16.5. The van der Waals surface area contributed by atoms with E-state index in [9.17, 15) is 14.7 Å². The molecule has 0 bridgehead atoms. The molecule has 4 aromatic rings. The second-order valence-corrected chi connectivity index (χ2v) is 8.60. The van der Waals surface area contributed by atoms with E-state index in [0.29, 0.717) is 24.1 Å². The van der Waals surface area contributed by atoms with Crippen molar-refractivity contribution in [2.75, 3.05) is 6.61 Å². The first-order valence-corrected chi connectivity index (χ1v) is 11.0. The lowest BCUT2D eigenvalue weighted by Crippen LogP contribution is -2.32. The molecule has 0 saturated heterocycles. The van der Waals surface area contributed by atoms with Crippen LogP contribution in [0, 0.1) is 12.8 Å². The zero-order chi connectivity index (χ0) is 22.9. The number of aromatic amines is 1. The molecule has 0 aliphatic heterocycles. The molecule has 5 rings (SSSR count). The number of fused-ring (bicyclic) bond motifs is 1. The molecule has 0 amide bonds. The van der Waals surface area contributed by atoms with Gasteiger partial charge in [0.05, 0.1) is 12.2 Å². The number of hydrogen-bond donors (Lipinski definition) is 2. The van der Waals surface area contributed by atoms with E-state index < -0.39 is 5.69 Å². The molecule has 1 aliphatic carbocycles. The zero-order valence-electron chi connectivity index (χ0n) is 18.2. The Morgan fingerprint density at radius 2 is 1.94 bits per heavy atom. The van der Waals surface area contributed by atoms with E-state index in [1.54, 1.807) is 22.4 Å². The third-order valence-electron chi connectivity index (χ3n) is 6.41. The molecule has 2 heterocycles. The van der Waals surface area contributed by atoms with Gasteiger partial charge in [0.1, 0.15) is 18.1 Å². The number of hydrogen-bond acceptors (Lipinski definition) is 6. The van der Waals surface area contributed by atoms with Gasteiger partial charge in [-0.25, -0.2) is 9.48 Å². The molecule has 2 aromatic heterocycles. The van der Waals surface area contributed by atoms with Crippen molar-refractivity contribution in [3.8, 4) is 5.75 Å². The normalized spacial score (nSPS) is 20.4. The molecule has 9 heteroatoms. The fourth-order valence-corrected chi connectivity index (χ4v) is 4.63. The minimum atomic E-state index is -0.434. The molecular formula is C24H25N5O4. The molecule has 0 unspecified atom stereocenters. The topological polar surface area (TPSA) is 115 Å². The van der Waals surface area contributed by atoms with Gasteiger partial charge in [-0.05, 0) is 42.7 Å². The standard InChI is InChI=1S/C24H25N5O4/c1-15-11-28(24(32)25-23(15)31)20-8-18(13-30)22(10-20)29-12-19(26-27-29)14-33-21-7-6-16-4-2-3-5-17(16)9-21/h2-7,9,11-12,18,20,22,30H,8,10,13-14H2,1H3,(H,25,31,32)/t18-,20-,22+/m1/s1. The second-order valence-electron chi connectivity index (χ2n) is 8.60. The summed E-state index contributed by atoms with van der Waals surface area (Å²) in [7, 11) is 0. The molecule has 1 aliphatic rings. The summed E-state index contributed by atoms with van der Waals surface area (Å²) >= 11 is 0. The number of H-pyrrole nitrogens is 1. The lowest BCUT2D eigenvalue weighted by atomic mass is 10.1. The monoisotopic (exact) mass is 447 g/mol. The highest BCUT2D eigenvalue weighted by Crippen LogP contribution is 2.41. The molecule has 0 spiro atoms. The maximum atomic E-state index is 12.3. The Hall–Kier alpha value is -3.72. The molecule has 33 heavy (non-hydrogen) atoms. The number of ether oxygens (including phenoxy) is 1. The first-order chi connectivity index (χ1) is 16.0. The summed E-state index contributed by atoms with van der Waals surface area (Å²) < 4.78 is 9.22. The highest BCUT2D eigenvalue weighted by Gasteiger charge is 2.37. The van der Waals surface area contributed by atoms with Crippen LogP contribution in [0.4, 0.5) is 0 Å². The summed E-state index contributed by atoms with van der Waals surface area (Å²) in [5, 5.41) is 20.7. The van der Waals surface area contributed by atoms with Crippen molar-refractivity contribution in [1.29, 1.82) is 0 Å². The van der Waals surface area contributed by atoms with Crippen molar-refractivity contribution in [2.24, 2.45) is 5.92 Å². The van der Waals surface area contributed by atoms with Gasteiger partial charge in [0.25, 0.3) is 5.56 Å². The van der Waals surface area contributed by atoms with E-state index in [2.05, 4.69) is 21.4 Å². The average molecular weight is 447 g/mol. The number of aryl methyl sites for hydroxylation is 1. The van der Waals surface area contributed by atoms with E-state index in [1.165, 1.54) is 0 Å². The molecule has 9 nitrogen and oxygen atoms in total. The Morgan fingerprint density at radius 1 is 1.12 bits per heavy atom. The molecule has 2 aromatic carbocycles. The lowest BCUT2D eigenvalue weighted by Gasteiger charge is -2.16. The van der Waals surface area contributed by atoms with Crippen LogP contribution < -0.4 is 16.0 Å². The third-order valence-corrected chi connectivity index (χ3v) is 6.41. The summed E-state index contributed by atoms with van der Waals surface area (Å²) in [4.78, 5) is 26.4. The molecule has 2 N–H and O–H groups in total. The van der Waals surface area contributed by atoms with Gasteiger partial charge in [-0.3, -0.25) is 14.3 Å². The number of aliphatic hydroxyl groups excluding tert-OH is 1. The maximum absolute atomic E-state index is 12.3. The van der Waals surface area contributed by atoms with Crippen LogP contribution in [0.5, 0.6) is 5.75 Å². The summed E-state index contributed by atoms with van der Waals surface area (Å²) in [5.74, 6) is 0.676. The Kier molecular flexibility index (Phi) is 5.55. The quantitative estimate of drug-likeness (QED) is 0.469. The first kappa shape index (κ1) is 21.1. The average Bonchev–Trinajstić information content (AvgIpc) is 3.47. The number of rotatable bonds is 6. The first-order valence-electron chi connectivity index (χ1n) is 11.0. The van der Waals surface area contributed by atoms with Gasteiger partial charge in [-0.1, -0.05) is 35.5 Å².